The first-order valence-electron chi connectivity index (χ1n) is 5.69. The van der Waals surface area contributed by atoms with Crippen LogP contribution in [-0.2, 0) is 6.54 Å². The van der Waals surface area contributed by atoms with E-state index in [2.05, 4.69) is 33.5 Å². The summed E-state index contributed by atoms with van der Waals surface area (Å²) in [5.41, 5.74) is 1.82. The van der Waals surface area contributed by atoms with Gasteiger partial charge in [-0.05, 0) is 33.2 Å². The number of pyridine rings is 1. The molecule has 0 aliphatic rings. The second-order valence-electron chi connectivity index (χ2n) is 4.39. The molecule has 0 radical (unpaired) electrons. The van der Waals surface area contributed by atoms with Crippen molar-refractivity contribution in [3.05, 3.63) is 24.2 Å². The lowest BCUT2D eigenvalue weighted by Crippen LogP contribution is -2.19. The van der Waals surface area contributed by atoms with Gasteiger partial charge >= 0.3 is 0 Å². The third kappa shape index (κ3) is 2.58. The summed E-state index contributed by atoms with van der Waals surface area (Å²) in [5.74, 6) is 0.891. The molecule has 2 rings (SSSR count). The van der Waals surface area contributed by atoms with E-state index in [9.17, 15) is 0 Å². The highest BCUT2D eigenvalue weighted by Gasteiger charge is 2.15. The van der Waals surface area contributed by atoms with E-state index in [-0.39, 0.29) is 5.38 Å². The summed E-state index contributed by atoms with van der Waals surface area (Å²) in [7, 11) is 4.10. The van der Waals surface area contributed by atoms with Gasteiger partial charge in [-0.2, -0.15) is 0 Å². The SMILES string of the molecule is CC(Cl)c1nc2cccnc2n1CCN(C)C. The molecule has 2 aromatic heterocycles. The quantitative estimate of drug-likeness (QED) is 0.783. The van der Waals surface area contributed by atoms with Crippen molar-refractivity contribution in [1.29, 1.82) is 0 Å². The molecule has 0 saturated carbocycles. The molecule has 0 amide bonds. The van der Waals surface area contributed by atoms with Crippen molar-refractivity contribution in [3.63, 3.8) is 0 Å². The van der Waals surface area contributed by atoms with E-state index in [0.717, 1.165) is 30.1 Å². The number of hydrogen-bond acceptors (Lipinski definition) is 3. The second kappa shape index (κ2) is 5.02. The molecule has 1 atom stereocenters. The molecule has 0 saturated heterocycles. The van der Waals surface area contributed by atoms with E-state index in [4.69, 9.17) is 11.6 Å². The van der Waals surface area contributed by atoms with Gasteiger partial charge in [0.05, 0.1) is 5.38 Å². The van der Waals surface area contributed by atoms with Gasteiger partial charge in [-0.3, -0.25) is 0 Å². The highest BCUT2D eigenvalue weighted by Crippen LogP contribution is 2.23. The fourth-order valence-corrected chi connectivity index (χ4v) is 1.97. The molecular formula is C12H17ClN4. The van der Waals surface area contributed by atoms with Gasteiger partial charge in [0.1, 0.15) is 11.3 Å². The van der Waals surface area contributed by atoms with Gasteiger partial charge in [-0.1, -0.05) is 0 Å². The van der Waals surface area contributed by atoms with Gasteiger partial charge in [-0.15, -0.1) is 11.6 Å². The lowest BCUT2D eigenvalue weighted by Gasteiger charge is -2.13. The number of fused-ring (bicyclic) bond motifs is 1. The molecule has 17 heavy (non-hydrogen) atoms. The van der Waals surface area contributed by atoms with Crippen LogP contribution in [0.1, 0.15) is 18.1 Å². The Morgan fingerprint density at radius 2 is 2.24 bits per heavy atom. The number of imidazole rings is 1. The van der Waals surface area contributed by atoms with E-state index < -0.39 is 0 Å². The predicted molar refractivity (Wildman–Crippen MR) is 70.4 cm³/mol. The van der Waals surface area contributed by atoms with Crippen molar-refractivity contribution < 1.29 is 0 Å². The normalized spacial score (nSPS) is 13.5. The molecule has 0 aliphatic carbocycles. The minimum atomic E-state index is -0.105. The minimum absolute atomic E-state index is 0.105. The molecule has 4 nitrogen and oxygen atoms in total. The Bertz CT molecular complexity index is 504. The topological polar surface area (TPSA) is 34.0 Å². The summed E-state index contributed by atoms with van der Waals surface area (Å²) < 4.78 is 2.10. The maximum absolute atomic E-state index is 6.17. The van der Waals surface area contributed by atoms with E-state index in [1.807, 2.05) is 19.1 Å². The zero-order valence-electron chi connectivity index (χ0n) is 10.4. The number of alkyl halides is 1. The van der Waals surface area contributed by atoms with Crippen molar-refractivity contribution in [2.24, 2.45) is 0 Å². The number of nitrogens with zero attached hydrogens (tertiary/aromatic N) is 4. The third-order valence-corrected chi connectivity index (χ3v) is 2.86. The van der Waals surface area contributed by atoms with Crippen molar-refractivity contribution in [2.45, 2.75) is 18.8 Å². The van der Waals surface area contributed by atoms with Crippen molar-refractivity contribution in [2.75, 3.05) is 20.6 Å². The fourth-order valence-electron chi connectivity index (χ4n) is 1.80. The first kappa shape index (κ1) is 12.3. The molecule has 0 aromatic carbocycles. The zero-order chi connectivity index (χ0) is 12.4. The van der Waals surface area contributed by atoms with Crippen LogP contribution in [0.15, 0.2) is 18.3 Å². The predicted octanol–water partition coefficient (Wildman–Crippen LogP) is 2.29. The number of likely N-dealkylation sites (N-methyl/N-ethyl adjacent to an activating group) is 1. The van der Waals surface area contributed by atoms with Gasteiger partial charge in [0.15, 0.2) is 5.65 Å². The average Bonchev–Trinajstić information content (AvgIpc) is 2.65. The minimum Gasteiger partial charge on any atom is -0.310 e. The Balaban J connectivity index is 2.44. The van der Waals surface area contributed by atoms with Crippen molar-refractivity contribution >= 4 is 22.8 Å². The highest BCUT2D eigenvalue weighted by molar-refractivity contribution is 6.20. The van der Waals surface area contributed by atoms with Crippen LogP contribution < -0.4 is 0 Å². The van der Waals surface area contributed by atoms with Gasteiger partial charge in [0, 0.05) is 19.3 Å². The van der Waals surface area contributed by atoms with Gasteiger partial charge in [0.25, 0.3) is 0 Å². The highest BCUT2D eigenvalue weighted by atomic mass is 35.5. The Labute approximate surface area is 106 Å². The summed E-state index contributed by atoms with van der Waals surface area (Å²) in [6.07, 6.45) is 1.79. The van der Waals surface area contributed by atoms with E-state index in [1.165, 1.54) is 0 Å². The third-order valence-electron chi connectivity index (χ3n) is 2.66. The molecule has 2 heterocycles. The lowest BCUT2D eigenvalue weighted by molar-refractivity contribution is 0.383. The molecule has 92 valence electrons. The Morgan fingerprint density at radius 3 is 2.88 bits per heavy atom. The summed E-state index contributed by atoms with van der Waals surface area (Å²) in [6.45, 7) is 3.74. The average molecular weight is 253 g/mol. The molecular weight excluding hydrogens is 236 g/mol. The van der Waals surface area contributed by atoms with Crippen LogP contribution in [0.3, 0.4) is 0 Å². The van der Waals surface area contributed by atoms with Crippen LogP contribution in [0.4, 0.5) is 0 Å². The molecule has 0 fully saturated rings. The summed E-state index contributed by atoms with van der Waals surface area (Å²) in [4.78, 5) is 11.1. The monoisotopic (exact) mass is 252 g/mol. The van der Waals surface area contributed by atoms with Gasteiger partial charge < -0.3 is 9.47 Å². The maximum Gasteiger partial charge on any atom is 0.160 e. The molecule has 1 unspecified atom stereocenters. The molecule has 2 aromatic rings. The van der Waals surface area contributed by atoms with E-state index in [0.29, 0.717) is 0 Å². The Morgan fingerprint density at radius 1 is 1.47 bits per heavy atom. The molecule has 0 N–H and O–H groups in total. The summed E-state index contributed by atoms with van der Waals surface area (Å²) >= 11 is 6.17. The summed E-state index contributed by atoms with van der Waals surface area (Å²) in [5, 5.41) is -0.105. The van der Waals surface area contributed by atoms with Crippen LogP contribution in [0.2, 0.25) is 0 Å². The van der Waals surface area contributed by atoms with Crippen molar-refractivity contribution in [1.82, 2.24) is 19.4 Å². The van der Waals surface area contributed by atoms with Crippen LogP contribution in [0.25, 0.3) is 11.2 Å². The number of aromatic nitrogens is 3. The molecule has 5 heteroatoms. The van der Waals surface area contributed by atoms with Crippen LogP contribution in [0, 0.1) is 0 Å². The van der Waals surface area contributed by atoms with E-state index in [1.54, 1.807) is 6.20 Å². The molecule has 0 spiro atoms. The summed E-state index contributed by atoms with van der Waals surface area (Å²) in [6, 6.07) is 3.87. The lowest BCUT2D eigenvalue weighted by atomic mass is 10.4. The molecule has 0 bridgehead atoms. The van der Waals surface area contributed by atoms with Crippen LogP contribution in [-0.4, -0.2) is 40.1 Å². The zero-order valence-corrected chi connectivity index (χ0v) is 11.1. The van der Waals surface area contributed by atoms with Crippen molar-refractivity contribution in [3.8, 4) is 0 Å². The first-order chi connectivity index (χ1) is 8.09. The maximum atomic E-state index is 6.17. The Kier molecular flexibility index (Phi) is 3.64. The number of hydrogen-bond donors (Lipinski definition) is 0. The fraction of sp³-hybridized carbons (Fsp3) is 0.500. The molecule has 0 aliphatic heterocycles. The Hall–Kier alpha value is -1.13. The smallest absolute Gasteiger partial charge is 0.160 e. The standard InChI is InChI=1S/C12H17ClN4/c1-9(13)11-15-10-5-4-6-14-12(10)17(11)8-7-16(2)3/h4-6,9H,7-8H2,1-3H3. The van der Waals surface area contributed by atoms with Gasteiger partial charge in [-0.25, -0.2) is 9.97 Å². The van der Waals surface area contributed by atoms with E-state index >= 15 is 0 Å². The van der Waals surface area contributed by atoms with Gasteiger partial charge in [0.2, 0.25) is 0 Å². The van der Waals surface area contributed by atoms with Crippen LogP contribution >= 0.6 is 11.6 Å². The number of halogens is 1. The largest absolute Gasteiger partial charge is 0.310 e. The van der Waals surface area contributed by atoms with Crippen LogP contribution in [0.5, 0.6) is 0 Å². The second-order valence-corrected chi connectivity index (χ2v) is 5.04. The first-order valence-corrected chi connectivity index (χ1v) is 6.13. The number of rotatable bonds is 4.